The van der Waals surface area contributed by atoms with Crippen LogP contribution in [0.5, 0.6) is 5.75 Å². The number of rotatable bonds is 7. The molecule has 0 spiro atoms. The number of carbonyl (C=O) groups excluding carboxylic acids is 1. The summed E-state index contributed by atoms with van der Waals surface area (Å²) in [5.74, 6) is -1.17. The lowest BCUT2D eigenvalue weighted by atomic mass is 10.2. The van der Waals surface area contributed by atoms with Crippen molar-refractivity contribution in [2.24, 2.45) is 0 Å². The standard InChI is InChI=1S/C22H18ClF3N2O4S/c1-15-7-10-17(13-20(15)23)28(33(30,31)19-5-3-2-4-6-19)14-21(29)27-16-8-11-18(12-9-16)32-22(24,25)26/h2-13H,14H2,1H3,(H,27,29). The Hall–Kier alpha value is -3.24. The van der Waals surface area contributed by atoms with E-state index < -0.39 is 34.6 Å². The minimum absolute atomic E-state index is 0.0249. The van der Waals surface area contributed by atoms with E-state index in [1.54, 1.807) is 31.2 Å². The Morgan fingerprint density at radius 3 is 2.24 bits per heavy atom. The van der Waals surface area contributed by atoms with Gasteiger partial charge in [-0.1, -0.05) is 35.9 Å². The van der Waals surface area contributed by atoms with Crippen LogP contribution in [0.2, 0.25) is 5.02 Å². The number of nitrogens with one attached hydrogen (secondary N) is 1. The van der Waals surface area contributed by atoms with E-state index in [2.05, 4.69) is 10.1 Å². The highest BCUT2D eigenvalue weighted by molar-refractivity contribution is 7.92. The maximum Gasteiger partial charge on any atom is 0.573 e. The Morgan fingerprint density at radius 2 is 1.67 bits per heavy atom. The number of carbonyl (C=O) groups is 1. The van der Waals surface area contributed by atoms with Crippen molar-refractivity contribution in [2.45, 2.75) is 18.2 Å². The Labute approximate surface area is 193 Å². The fraction of sp³-hybridized carbons (Fsp3) is 0.136. The maximum absolute atomic E-state index is 13.3. The highest BCUT2D eigenvalue weighted by atomic mass is 35.5. The Bertz CT molecular complexity index is 1230. The number of aryl methyl sites for hydroxylation is 1. The molecule has 0 atom stereocenters. The zero-order chi connectivity index (χ0) is 24.2. The highest BCUT2D eigenvalue weighted by Gasteiger charge is 2.31. The van der Waals surface area contributed by atoms with E-state index in [0.29, 0.717) is 5.02 Å². The van der Waals surface area contributed by atoms with Crippen molar-refractivity contribution in [3.8, 4) is 5.75 Å². The lowest BCUT2D eigenvalue weighted by molar-refractivity contribution is -0.274. The molecule has 11 heteroatoms. The number of alkyl halides is 3. The summed E-state index contributed by atoms with van der Waals surface area (Å²) in [6, 6.07) is 16.6. The number of amides is 1. The monoisotopic (exact) mass is 498 g/mol. The highest BCUT2D eigenvalue weighted by Crippen LogP contribution is 2.28. The molecule has 3 aromatic carbocycles. The topological polar surface area (TPSA) is 75.7 Å². The van der Waals surface area contributed by atoms with Gasteiger partial charge in [-0.3, -0.25) is 9.10 Å². The van der Waals surface area contributed by atoms with Crippen LogP contribution in [0.3, 0.4) is 0 Å². The lowest BCUT2D eigenvalue weighted by Crippen LogP contribution is -2.38. The number of hydrogen-bond acceptors (Lipinski definition) is 4. The average Bonchev–Trinajstić information content (AvgIpc) is 2.75. The van der Waals surface area contributed by atoms with Gasteiger partial charge in [0, 0.05) is 10.7 Å². The fourth-order valence-electron chi connectivity index (χ4n) is 2.84. The zero-order valence-electron chi connectivity index (χ0n) is 17.1. The molecule has 0 aliphatic carbocycles. The summed E-state index contributed by atoms with van der Waals surface area (Å²) in [4.78, 5) is 12.7. The van der Waals surface area contributed by atoms with Crippen LogP contribution in [-0.2, 0) is 14.8 Å². The molecule has 0 aliphatic heterocycles. The van der Waals surface area contributed by atoms with E-state index in [-0.39, 0.29) is 16.3 Å². The van der Waals surface area contributed by atoms with Crippen LogP contribution in [-0.4, -0.2) is 27.2 Å². The molecule has 6 nitrogen and oxygen atoms in total. The molecular formula is C22H18ClF3N2O4S. The van der Waals surface area contributed by atoms with Gasteiger partial charge >= 0.3 is 6.36 Å². The minimum Gasteiger partial charge on any atom is -0.406 e. The molecule has 0 saturated carbocycles. The summed E-state index contributed by atoms with van der Waals surface area (Å²) >= 11 is 6.17. The van der Waals surface area contributed by atoms with Crippen molar-refractivity contribution in [2.75, 3.05) is 16.2 Å². The van der Waals surface area contributed by atoms with Gasteiger partial charge in [0.2, 0.25) is 5.91 Å². The van der Waals surface area contributed by atoms with Gasteiger partial charge in [-0.2, -0.15) is 0 Å². The third kappa shape index (κ3) is 6.39. The SMILES string of the molecule is Cc1ccc(N(CC(=O)Nc2ccc(OC(F)(F)F)cc2)S(=O)(=O)c2ccccc2)cc1Cl. The van der Waals surface area contributed by atoms with Crippen LogP contribution in [0.1, 0.15) is 5.56 Å². The van der Waals surface area contributed by atoms with E-state index in [9.17, 15) is 26.4 Å². The molecule has 1 amide bonds. The van der Waals surface area contributed by atoms with Gasteiger partial charge in [-0.05, 0) is 61.0 Å². The van der Waals surface area contributed by atoms with Gasteiger partial charge < -0.3 is 10.1 Å². The van der Waals surface area contributed by atoms with Crippen LogP contribution < -0.4 is 14.4 Å². The minimum atomic E-state index is -4.84. The molecule has 1 N–H and O–H groups in total. The van der Waals surface area contributed by atoms with E-state index >= 15 is 0 Å². The number of nitrogens with zero attached hydrogens (tertiary/aromatic N) is 1. The first-order chi connectivity index (χ1) is 15.5. The second-order valence-corrected chi connectivity index (χ2v) is 9.15. The molecule has 0 fully saturated rings. The lowest BCUT2D eigenvalue weighted by Gasteiger charge is -2.24. The number of ether oxygens (including phenoxy) is 1. The zero-order valence-corrected chi connectivity index (χ0v) is 18.7. The molecule has 0 bridgehead atoms. The summed E-state index contributed by atoms with van der Waals surface area (Å²) in [7, 11) is -4.13. The van der Waals surface area contributed by atoms with Gasteiger partial charge in [0.25, 0.3) is 10.0 Å². The van der Waals surface area contributed by atoms with Crippen LogP contribution >= 0.6 is 11.6 Å². The summed E-state index contributed by atoms with van der Waals surface area (Å²) in [5.41, 5.74) is 1.06. The Kier molecular flexibility index (Phi) is 7.19. The molecule has 0 radical (unpaired) electrons. The van der Waals surface area contributed by atoms with E-state index in [1.165, 1.54) is 36.4 Å². The van der Waals surface area contributed by atoms with Crippen LogP contribution in [0.4, 0.5) is 24.5 Å². The van der Waals surface area contributed by atoms with Gasteiger partial charge in [-0.15, -0.1) is 13.2 Å². The molecule has 174 valence electrons. The second kappa shape index (κ2) is 9.72. The number of anilines is 2. The average molecular weight is 499 g/mol. The maximum atomic E-state index is 13.3. The van der Waals surface area contributed by atoms with Crippen molar-refractivity contribution in [1.82, 2.24) is 0 Å². The first kappa shape index (κ1) is 24.4. The molecule has 0 aromatic heterocycles. The van der Waals surface area contributed by atoms with E-state index in [0.717, 1.165) is 22.0 Å². The number of hydrogen-bond donors (Lipinski definition) is 1. The largest absolute Gasteiger partial charge is 0.573 e. The van der Waals surface area contributed by atoms with Gasteiger partial charge in [-0.25, -0.2) is 8.42 Å². The fourth-order valence-corrected chi connectivity index (χ4v) is 4.45. The number of sulfonamides is 1. The predicted octanol–water partition coefficient (Wildman–Crippen LogP) is 5.38. The van der Waals surface area contributed by atoms with Crippen molar-refractivity contribution in [1.29, 1.82) is 0 Å². The molecule has 0 saturated heterocycles. The normalized spacial score (nSPS) is 11.7. The van der Waals surface area contributed by atoms with E-state index in [4.69, 9.17) is 11.6 Å². The Balaban J connectivity index is 1.85. The third-order valence-corrected chi connectivity index (χ3v) is 6.63. The molecule has 0 heterocycles. The Morgan fingerprint density at radius 1 is 1.03 bits per heavy atom. The molecule has 3 aromatic rings. The molecule has 0 unspecified atom stereocenters. The summed E-state index contributed by atoms with van der Waals surface area (Å²) in [6.45, 7) is 1.15. The number of halogens is 4. The smallest absolute Gasteiger partial charge is 0.406 e. The van der Waals surface area contributed by atoms with Gasteiger partial charge in [0.15, 0.2) is 0 Å². The van der Waals surface area contributed by atoms with Crippen molar-refractivity contribution >= 4 is 38.9 Å². The quantitative estimate of drug-likeness (QED) is 0.474. The summed E-state index contributed by atoms with van der Waals surface area (Å²) in [5, 5.41) is 2.79. The molecule has 33 heavy (non-hydrogen) atoms. The third-order valence-electron chi connectivity index (χ3n) is 4.43. The molecule has 0 aliphatic rings. The van der Waals surface area contributed by atoms with Gasteiger partial charge in [0.05, 0.1) is 10.6 Å². The van der Waals surface area contributed by atoms with Crippen molar-refractivity contribution in [3.05, 3.63) is 83.4 Å². The van der Waals surface area contributed by atoms with Crippen LogP contribution in [0, 0.1) is 6.92 Å². The molecular weight excluding hydrogens is 481 g/mol. The summed E-state index contributed by atoms with van der Waals surface area (Å²) < 4.78 is 68.1. The summed E-state index contributed by atoms with van der Waals surface area (Å²) in [6.07, 6.45) is -4.84. The first-order valence-electron chi connectivity index (χ1n) is 9.45. The van der Waals surface area contributed by atoms with Crippen molar-refractivity contribution < 1.29 is 31.1 Å². The van der Waals surface area contributed by atoms with E-state index in [1.807, 2.05) is 0 Å². The second-order valence-electron chi connectivity index (χ2n) is 6.88. The van der Waals surface area contributed by atoms with Crippen molar-refractivity contribution in [3.63, 3.8) is 0 Å². The molecule has 3 rings (SSSR count). The van der Waals surface area contributed by atoms with Crippen LogP contribution in [0.25, 0.3) is 0 Å². The predicted molar refractivity (Wildman–Crippen MR) is 119 cm³/mol. The van der Waals surface area contributed by atoms with Gasteiger partial charge in [0.1, 0.15) is 12.3 Å². The first-order valence-corrected chi connectivity index (χ1v) is 11.3. The number of benzene rings is 3. The van der Waals surface area contributed by atoms with Crippen LogP contribution in [0.15, 0.2) is 77.7 Å².